The number of nitrogens with zero attached hydrogens (tertiary/aromatic N) is 4. The molecule has 0 spiro atoms. The van der Waals surface area contributed by atoms with Gasteiger partial charge < -0.3 is 5.32 Å². The maximum absolute atomic E-state index is 14.0. The summed E-state index contributed by atoms with van der Waals surface area (Å²) in [6, 6.07) is 26.7. The highest BCUT2D eigenvalue weighted by molar-refractivity contribution is 8.00. The summed E-state index contributed by atoms with van der Waals surface area (Å²) in [5.41, 5.74) is 4.44. The van der Waals surface area contributed by atoms with Crippen molar-refractivity contribution in [1.29, 1.82) is 0 Å². The molecule has 0 saturated heterocycles. The Bertz CT molecular complexity index is 1730. The Hall–Kier alpha value is -4.47. The van der Waals surface area contributed by atoms with Gasteiger partial charge in [0.05, 0.1) is 22.4 Å². The number of carbonyl (C=O) groups is 2. The van der Waals surface area contributed by atoms with Gasteiger partial charge in [-0.3, -0.25) is 19.5 Å². The molecule has 5 aromatic rings. The highest BCUT2D eigenvalue weighted by Crippen LogP contribution is 2.49. The average Bonchev–Trinajstić information content (AvgIpc) is 3.34. The summed E-state index contributed by atoms with van der Waals surface area (Å²) >= 11 is 8.16. The second-order valence-electron chi connectivity index (χ2n) is 9.67. The van der Waals surface area contributed by atoms with E-state index in [1.165, 1.54) is 28.8 Å². The first-order valence-electron chi connectivity index (χ1n) is 13.3. The summed E-state index contributed by atoms with van der Waals surface area (Å²) in [5, 5.41) is 8.08. The third-order valence-electron chi connectivity index (χ3n) is 6.91. The van der Waals surface area contributed by atoms with Crippen LogP contribution in [0.5, 0.6) is 0 Å². The molecule has 3 heterocycles. The Morgan fingerprint density at radius 3 is 2.50 bits per heavy atom. The molecule has 1 aliphatic rings. The predicted octanol–water partition coefficient (Wildman–Crippen LogP) is 6.21. The maximum atomic E-state index is 14.0. The van der Waals surface area contributed by atoms with E-state index in [9.17, 15) is 14.0 Å². The van der Waals surface area contributed by atoms with E-state index in [1.54, 1.807) is 35.3 Å². The van der Waals surface area contributed by atoms with E-state index in [0.29, 0.717) is 22.2 Å². The second-order valence-corrected chi connectivity index (χ2v) is 11.2. The first kappa shape index (κ1) is 27.7. The lowest BCUT2D eigenvalue weighted by atomic mass is 9.99. The fraction of sp³-hybridized carbons (Fsp3) is 0.125. The van der Waals surface area contributed by atoms with Gasteiger partial charge in [-0.05, 0) is 47.5 Å². The van der Waals surface area contributed by atoms with Crippen molar-refractivity contribution in [2.75, 3.05) is 17.2 Å². The molecular formula is C32H25ClFN5O2S. The minimum atomic E-state index is -0.396. The molecule has 210 valence electrons. The number of anilines is 1. The first-order chi connectivity index (χ1) is 20.5. The maximum Gasteiger partial charge on any atom is 0.240 e. The van der Waals surface area contributed by atoms with Crippen molar-refractivity contribution < 1.29 is 14.0 Å². The lowest BCUT2D eigenvalue weighted by Gasteiger charge is -2.23. The number of hydrogen-bond acceptors (Lipinski definition) is 5. The van der Waals surface area contributed by atoms with E-state index in [2.05, 4.69) is 10.3 Å². The summed E-state index contributed by atoms with van der Waals surface area (Å²) in [6.45, 7) is 0.0358. The molecule has 7 nitrogen and oxygen atoms in total. The van der Waals surface area contributed by atoms with Gasteiger partial charge >= 0.3 is 0 Å². The molecule has 1 N–H and O–H groups in total. The predicted molar refractivity (Wildman–Crippen MR) is 163 cm³/mol. The molecule has 2 aromatic heterocycles. The monoisotopic (exact) mass is 597 g/mol. The number of benzene rings is 3. The molecule has 0 bridgehead atoms. The smallest absolute Gasteiger partial charge is 0.240 e. The van der Waals surface area contributed by atoms with Gasteiger partial charge in [-0.2, -0.15) is 5.10 Å². The van der Waals surface area contributed by atoms with Crippen molar-refractivity contribution in [2.45, 2.75) is 11.8 Å². The summed E-state index contributed by atoms with van der Waals surface area (Å²) in [5.74, 6) is -0.440. The summed E-state index contributed by atoms with van der Waals surface area (Å²) in [7, 11) is 0. The highest BCUT2D eigenvalue weighted by atomic mass is 35.5. The summed E-state index contributed by atoms with van der Waals surface area (Å²) in [6.07, 6.45) is 3.34. The number of nitrogens with one attached hydrogen (secondary N) is 1. The van der Waals surface area contributed by atoms with Gasteiger partial charge in [-0.1, -0.05) is 66.2 Å². The Morgan fingerprint density at radius 1 is 1.00 bits per heavy atom. The number of pyridine rings is 1. The van der Waals surface area contributed by atoms with Gasteiger partial charge in [0.15, 0.2) is 0 Å². The Morgan fingerprint density at radius 2 is 1.76 bits per heavy atom. The fourth-order valence-corrected chi connectivity index (χ4v) is 6.47. The topological polar surface area (TPSA) is 80.1 Å². The third kappa shape index (κ3) is 5.66. The molecule has 10 heteroatoms. The highest BCUT2D eigenvalue weighted by Gasteiger charge is 2.38. The lowest BCUT2D eigenvalue weighted by molar-refractivity contribution is -0.123. The minimum absolute atomic E-state index is 0.109. The van der Waals surface area contributed by atoms with E-state index in [1.807, 2.05) is 60.7 Å². The van der Waals surface area contributed by atoms with Gasteiger partial charge in [-0.25, -0.2) is 9.07 Å². The number of carbonyl (C=O) groups excluding carboxylic acids is 2. The van der Waals surface area contributed by atoms with Crippen molar-refractivity contribution in [3.63, 3.8) is 0 Å². The van der Waals surface area contributed by atoms with Crippen LogP contribution in [0.25, 0.3) is 16.9 Å². The van der Waals surface area contributed by atoms with Crippen LogP contribution in [0.3, 0.4) is 0 Å². The zero-order chi connectivity index (χ0) is 29.1. The Labute approximate surface area is 251 Å². The number of aromatic nitrogens is 3. The number of fused-ring (bicyclic) bond motifs is 1. The molecule has 42 heavy (non-hydrogen) atoms. The largest absolute Gasteiger partial charge is 0.350 e. The first-order valence-corrected chi connectivity index (χ1v) is 14.7. The zero-order valence-corrected chi connectivity index (χ0v) is 23.9. The standard InChI is InChI=1S/C32H25ClFN5O2S/c33-26-11-5-4-10-25(26)31-29-30(22-8-2-1-3-9-22)37-39(24-14-12-23(34)13-15-24)32(29)38(28(41)20-42-31)19-27(40)36-18-21-7-6-16-35-17-21/h1-17,31H,18-20H2,(H,36,40)/t31-/m0/s1. The van der Waals surface area contributed by atoms with Crippen LogP contribution in [0, 0.1) is 5.82 Å². The van der Waals surface area contributed by atoms with Crippen LogP contribution >= 0.6 is 23.4 Å². The molecule has 1 atom stereocenters. The lowest BCUT2D eigenvalue weighted by Crippen LogP contribution is -2.42. The van der Waals surface area contributed by atoms with Crippen LogP contribution in [0.15, 0.2) is 103 Å². The number of hydrogen-bond donors (Lipinski definition) is 1. The van der Waals surface area contributed by atoms with Crippen molar-refractivity contribution in [2.24, 2.45) is 0 Å². The summed E-state index contributed by atoms with van der Waals surface area (Å²) in [4.78, 5) is 32.7. The van der Waals surface area contributed by atoms with Crippen molar-refractivity contribution in [3.05, 3.63) is 131 Å². The number of rotatable bonds is 7. The minimum Gasteiger partial charge on any atom is -0.350 e. The molecule has 0 saturated carbocycles. The normalized spacial score (nSPS) is 14.8. The second kappa shape index (κ2) is 12.2. The number of halogens is 2. The van der Waals surface area contributed by atoms with E-state index in [0.717, 1.165) is 22.3 Å². The molecule has 0 unspecified atom stereocenters. The van der Waals surface area contributed by atoms with Crippen LogP contribution in [-0.4, -0.2) is 38.9 Å². The van der Waals surface area contributed by atoms with E-state index < -0.39 is 5.82 Å². The average molecular weight is 598 g/mol. The van der Waals surface area contributed by atoms with Gasteiger partial charge in [-0.15, -0.1) is 11.8 Å². The molecule has 3 aromatic carbocycles. The molecule has 6 rings (SSSR count). The quantitative estimate of drug-likeness (QED) is 0.241. The van der Waals surface area contributed by atoms with Crippen molar-refractivity contribution >= 4 is 41.0 Å². The van der Waals surface area contributed by atoms with Gasteiger partial charge in [0.2, 0.25) is 11.8 Å². The van der Waals surface area contributed by atoms with Crippen LogP contribution in [0.2, 0.25) is 5.02 Å². The van der Waals surface area contributed by atoms with Crippen LogP contribution in [-0.2, 0) is 16.1 Å². The zero-order valence-electron chi connectivity index (χ0n) is 22.3. The van der Waals surface area contributed by atoms with Crippen molar-refractivity contribution in [1.82, 2.24) is 20.1 Å². The van der Waals surface area contributed by atoms with Crippen LogP contribution in [0.4, 0.5) is 10.2 Å². The van der Waals surface area contributed by atoms with Crippen molar-refractivity contribution in [3.8, 4) is 16.9 Å². The van der Waals surface area contributed by atoms with E-state index in [-0.39, 0.29) is 35.9 Å². The number of thioether (sulfide) groups is 1. The SMILES string of the molecule is O=C(CN1C(=O)CS[C@@H](c2ccccc2Cl)c2c(-c3ccccc3)nn(-c3ccc(F)cc3)c21)NCc1cccnc1. The third-order valence-corrected chi connectivity index (χ3v) is 8.49. The molecular weight excluding hydrogens is 573 g/mol. The fourth-order valence-electron chi connectivity index (χ4n) is 4.93. The molecule has 0 aliphatic carbocycles. The van der Waals surface area contributed by atoms with Crippen LogP contribution in [0.1, 0.15) is 21.9 Å². The molecule has 1 aliphatic heterocycles. The van der Waals surface area contributed by atoms with Gasteiger partial charge in [0, 0.05) is 35.1 Å². The number of amides is 2. The van der Waals surface area contributed by atoms with Crippen LogP contribution < -0.4 is 10.2 Å². The molecule has 2 amide bonds. The van der Waals surface area contributed by atoms with Gasteiger partial charge in [0.25, 0.3) is 0 Å². The molecule has 0 fully saturated rings. The van der Waals surface area contributed by atoms with E-state index in [4.69, 9.17) is 16.7 Å². The molecule has 0 radical (unpaired) electrons. The van der Waals surface area contributed by atoms with Gasteiger partial charge in [0.1, 0.15) is 18.2 Å². The Kier molecular flexibility index (Phi) is 8.03. The summed E-state index contributed by atoms with van der Waals surface area (Å²) < 4.78 is 15.6. The Balaban J connectivity index is 1.52. The van der Waals surface area contributed by atoms with E-state index >= 15 is 0 Å².